The van der Waals surface area contributed by atoms with Gasteiger partial charge >= 0.3 is 0 Å². The molecule has 0 saturated carbocycles. The van der Waals surface area contributed by atoms with Gasteiger partial charge in [0.25, 0.3) is 11.9 Å². The Labute approximate surface area is 191 Å². The van der Waals surface area contributed by atoms with E-state index in [1.54, 1.807) is 10.7 Å². The molecule has 10 heteroatoms. The van der Waals surface area contributed by atoms with Crippen LogP contribution >= 0.6 is 11.3 Å². The fourth-order valence-corrected chi connectivity index (χ4v) is 4.58. The molecule has 0 aliphatic carbocycles. The summed E-state index contributed by atoms with van der Waals surface area (Å²) in [5, 5.41) is 7.38. The normalized spacial score (nSPS) is 14.6. The molecule has 3 aromatic rings. The van der Waals surface area contributed by atoms with Gasteiger partial charge in [-0.3, -0.25) is 14.5 Å². The summed E-state index contributed by atoms with van der Waals surface area (Å²) in [6, 6.07) is 7.54. The summed E-state index contributed by atoms with van der Waals surface area (Å²) in [6.45, 7) is 10.4. The zero-order valence-electron chi connectivity index (χ0n) is 18.8. The first-order chi connectivity index (χ1) is 15.3. The van der Waals surface area contributed by atoms with E-state index in [2.05, 4.69) is 25.3 Å². The summed E-state index contributed by atoms with van der Waals surface area (Å²) in [4.78, 5) is 40.1. The number of nitrogens with zero attached hydrogens (tertiary/aromatic N) is 6. The van der Waals surface area contributed by atoms with Crippen molar-refractivity contribution in [1.29, 1.82) is 0 Å². The molecule has 1 aliphatic rings. The largest absolute Gasteiger partial charge is 0.335 e. The van der Waals surface area contributed by atoms with E-state index in [1.807, 2.05) is 50.8 Å². The molecule has 0 radical (unpaired) electrons. The molecule has 0 unspecified atom stereocenters. The van der Waals surface area contributed by atoms with Crippen LogP contribution in [0.5, 0.6) is 0 Å². The van der Waals surface area contributed by atoms with Crippen molar-refractivity contribution in [1.82, 2.24) is 29.5 Å². The van der Waals surface area contributed by atoms with Crippen LogP contribution in [0.25, 0.3) is 5.95 Å². The van der Waals surface area contributed by atoms with Crippen LogP contribution in [0.1, 0.15) is 31.6 Å². The van der Waals surface area contributed by atoms with Crippen molar-refractivity contribution >= 4 is 29.0 Å². The van der Waals surface area contributed by atoms with Crippen molar-refractivity contribution in [3.8, 4) is 5.95 Å². The third kappa shape index (κ3) is 5.03. The van der Waals surface area contributed by atoms with Crippen molar-refractivity contribution < 1.29 is 9.59 Å². The Morgan fingerprint density at radius 3 is 2.28 bits per heavy atom. The summed E-state index contributed by atoms with van der Waals surface area (Å²) in [5.74, 6) is 0.908. The molecule has 0 aromatic carbocycles. The van der Waals surface area contributed by atoms with E-state index in [0.717, 1.165) is 26.8 Å². The molecule has 0 spiro atoms. The van der Waals surface area contributed by atoms with Gasteiger partial charge in [-0.1, -0.05) is 0 Å². The lowest BCUT2D eigenvalue weighted by Crippen LogP contribution is -2.50. The third-order valence-electron chi connectivity index (χ3n) is 5.24. The topological polar surface area (TPSA) is 96.3 Å². The molecule has 32 heavy (non-hydrogen) atoms. The first-order valence-corrected chi connectivity index (χ1v) is 11.4. The number of nitrogens with one attached hydrogen (secondary N) is 1. The van der Waals surface area contributed by atoms with E-state index in [9.17, 15) is 9.59 Å². The van der Waals surface area contributed by atoms with Gasteiger partial charge in [0.15, 0.2) is 0 Å². The predicted octanol–water partition coefficient (Wildman–Crippen LogP) is 2.35. The van der Waals surface area contributed by atoms with Crippen LogP contribution in [-0.2, 0) is 4.79 Å². The molecule has 9 nitrogen and oxygen atoms in total. The summed E-state index contributed by atoms with van der Waals surface area (Å²) >= 11 is 1.52. The van der Waals surface area contributed by atoms with Crippen molar-refractivity contribution in [3.05, 3.63) is 51.1 Å². The van der Waals surface area contributed by atoms with Crippen LogP contribution in [0.2, 0.25) is 0 Å². The number of hydrogen-bond acceptors (Lipinski definition) is 7. The van der Waals surface area contributed by atoms with Crippen LogP contribution in [0.15, 0.2) is 24.3 Å². The fourth-order valence-electron chi connectivity index (χ4n) is 3.74. The Bertz CT molecular complexity index is 1120. The van der Waals surface area contributed by atoms with Crippen molar-refractivity contribution in [2.24, 2.45) is 0 Å². The van der Waals surface area contributed by atoms with Gasteiger partial charge in [-0.2, -0.15) is 9.78 Å². The molecule has 0 bridgehead atoms. The van der Waals surface area contributed by atoms with E-state index in [-0.39, 0.29) is 18.4 Å². The summed E-state index contributed by atoms with van der Waals surface area (Å²) in [7, 11) is 0. The maximum absolute atomic E-state index is 12.7. The molecule has 4 heterocycles. The number of hydrogen-bond donors (Lipinski definition) is 1. The van der Waals surface area contributed by atoms with Crippen LogP contribution in [-0.4, -0.2) is 74.1 Å². The van der Waals surface area contributed by atoms with Crippen molar-refractivity contribution in [2.45, 2.75) is 27.7 Å². The summed E-state index contributed by atoms with van der Waals surface area (Å²) in [6.07, 6.45) is 0. The Hall–Kier alpha value is -3.11. The van der Waals surface area contributed by atoms with Gasteiger partial charge in [-0.25, -0.2) is 9.97 Å². The molecule has 1 fully saturated rings. The smallest absolute Gasteiger partial charge is 0.264 e. The van der Waals surface area contributed by atoms with Crippen molar-refractivity contribution in [2.75, 3.05) is 38.0 Å². The molecule has 4 rings (SSSR count). The number of amides is 2. The maximum Gasteiger partial charge on any atom is 0.264 e. The molecule has 2 amide bonds. The van der Waals surface area contributed by atoms with E-state index in [4.69, 9.17) is 0 Å². The fraction of sp³-hybridized carbons (Fsp3) is 0.409. The molecule has 3 aromatic heterocycles. The van der Waals surface area contributed by atoms with E-state index in [1.165, 1.54) is 11.3 Å². The number of rotatable bonds is 5. The average Bonchev–Trinajstić information content (AvgIpc) is 3.32. The number of thiophene rings is 1. The van der Waals surface area contributed by atoms with Crippen molar-refractivity contribution in [3.63, 3.8) is 0 Å². The lowest BCUT2D eigenvalue weighted by molar-refractivity contribution is -0.117. The predicted molar refractivity (Wildman–Crippen MR) is 123 cm³/mol. The Kier molecular flexibility index (Phi) is 6.33. The Balaban J connectivity index is 1.36. The Morgan fingerprint density at radius 2 is 1.66 bits per heavy atom. The van der Waals surface area contributed by atoms with E-state index in [0.29, 0.717) is 37.9 Å². The lowest BCUT2D eigenvalue weighted by atomic mass is 10.3. The van der Waals surface area contributed by atoms with Gasteiger partial charge in [-0.15, -0.1) is 11.3 Å². The highest BCUT2D eigenvalue weighted by atomic mass is 32.1. The highest BCUT2D eigenvalue weighted by Crippen LogP contribution is 2.19. The van der Waals surface area contributed by atoms with E-state index < -0.39 is 0 Å². The Morgan fingerprint density at radius 1 is 0.969 bits per heavy atom. The minimum absolute atomic E-state index is 0.0695. The van der Waals surface area contributed by atoms with Gasteiger partial charge in [0.05, 0.1) is 17.1 Å². The molecule has 168 valence electrons. The van der Waals surface area contributed by atoms with Gasteiger partial charge in [0.1, 0.15) is 5.82 Å². The number of piperazine rings is 1. The second kappa shape index (κ2) is 9.17. The summed E-state index contributed by atoms with van der Waals surface area (Å²) in [5.41, 5.74) is 2.44. The number of anilines is 1. The zero-order chi connectivity index (χ0) is 22.8. The van der Waals surface area contributed by atoms with Crippen LogP contribution < -0.4 is 5.32 Å². The minimum Gasteiger partial charge on any atom is -0.335 e. The number of carbonyl (C=O) groups excluding carboxylic acids is 2. The van der Waals surface area contributed by atoms with Gasteiger partial charge in [-0.05, 0) is 45.9 Å². The monoisotopic (exact) mass is 453 g/mol. The third-order valence-corrected chi connectivity index (χ3v) is 6.23. The molecule has 0 atom stereocenters. The number of carbonyl (C=O) groups is 2. The second-order valence-corrected chi connectivity index (χ2v) is 9.35. The molecular weight excluding hydrogens is 426 g/mol. The van der Waals surface area contributed by atoms with Gasteiger partial charge in [0.2, 0.25) is 5.91 Å². The minimum atomic E-state index is -0.135. The molecule has 1 aliphatic heterocycles. The lowest BCUT2D eigenvalue weighted by Gasteiger charge is -2.34. The summed E-state index contributed by atoms with van der Waals surface area (Å²) < 4.78 is 1.56. The van der Waals surface area contributed by atoms with Crippen LogP contribution in [0.4, 0.5) is 5.82 Å². The first-order valence-electron chi connectivity index (χ1n) is 10.6. The van der Waals surface area contributed by atoms with E-state index >= 15 is 0 Å². The van der Waals surface area contributed by atoms with Crippen LogP contribution in [0.3, 0.4) is 0 Å². The molecule has 1 N–H and O–H groups in total. The highest BCUT2D eigenvalue weighted by molar-refractivity contribution is 7.13. The quantitative estimate of drug-likeness (QED) is 0.637. The first kappa shape index (κ1) is 22.1. The zero-order valence-corrected chi connectivity index (χ0v) is 19.6. The maximum atomic E-state index is 12.7. The van der Waals surface area contributed by atoms with Gasteiger partial charge in [0, 0.05) is 48.5 Å². The average molecular weight is 454 g/mol. The second-order valence-electron chi connectivity index (χ2n) is 8.06. The highest BCUT2D eigenvalue weighted by Gasteiger charge is 2.24. The number of aromatic nitrogens is 4. The van der Waals surface area contributed by atoms with Gasteiger partial charge < -0.3 is 10.2 Å². The standard InChI is InChI=1S/C22H27N7O2S/c1-14-11-15(2)24-22(23-14)29-19(12-16(3)26-29)25-20(30)13-27-7-9-28(10-8-27)21(31)18-6-5-17(4)32-18/h5-6,11-12H,7-10,13H2,1-4H3,(H,25,30). The molecular formula is C22H27N7O2S. The van der Waals surface area contributed by atoms with Crippen LogP contribution in [0, 0.1) is 27.7 Å². The number of aryl methyl sites for hydroxylation is 4. The molecule has 1 saturated heterocycles. The SMILES string of the molecule is Cc1cc(C)nc(-n2nc(C)cc2NC(=O)CN2CCN(C(=O)c3ccc(C)s3)CC2)n1.